The molecule has 258 valence electrons. The van der Waals surface area contributed by atoms with E-state index in [0.717, 1.165) is 0 Å². The smallest absolute Gasteiger partial charge is 0.420 e. The topological polar surface area (TPSA) is 178 Å². The molecule has 4 rings (SSSR count). The number of hydrogen-bond acceptors (Lipinski definition) is 12. The van der Waals surface area contributed by atoms with Crippen molar-refractivity contribution in [2.45, 2.75) is 65.3 Å². The van der Waals surface area contributed by atoms with Crippen LogP contribution in [0.25, 0.3) is 11.0 Å². The van der Waals surface area contributed by atoms with E-state index in [1.54, 1.807) is 55.3 Å². The van der Waals surface area contributed by atoms with E-state index >= 15 is 0 Å². The molecule has 1 fully saturated rings. The largest absolute Gasteiger partial charge is 0.462 e. The highest BCUT2D eigenvalue weighted by Gasteiger charge is 2.33. The van der Waals surface area contributed by atoms with Crippen LogP contribution in [0.15, 0.2) is 42.9 Å². The average molecular weight is 684 g/mol. The lowest BCUT2D eigenvalue weighted by molar-refractivity contribution is -0.149. The normalized spacial score (nSPS) is 18.1. The summed E-state index contributed by atoms with van der Waals surface area (Å²) in [7, 11) is -0.324. The molecule has 0 aliphatic carbocycles. The van der Waals surface area contributed by atoms with E-state index in [2.05, 4.69) is 26.9 Å². The first kappa shape index (κ1) is 36.3. The van der Waals surface area contributed by atoms with Gasteiger partial charge >= 0.3 is 19.6 Å². The highest BCUT2D eigenvalue weighted by atomic mass is 31.2. The summed E-state index contributed by atoms with van der Waals surface area (Å²) in [5, 5.41) is 12.3. The first-order valence-electron chi connectivity index (χ1n) is 15.6. The molecule has 48 heavy (non-hydrogen) atoms. The van der Waals surface area contributed by atoms with Gasteiger partial charge in [-0.2, -0.15) is 5.26 Å². The summed E-state index contributed by atoms with van der Waals surface area (Å²) in [4.78, 5) is 50.2. The van der Waals surface area contributed by atoms with Gasteiger partial charge in [-0.1, -0.05) is 19.1 Å². The van der Waals surface area contributed by atoms with Gasteiger partial charge < -0.3 is 28.5 Å². The van der Waals surface area contributed by atoms with Crippen LogP contribution in [-0.2, 0) is 35.0 Å². The molecule has 0 bridgehead atoms. The molecule has 1 aliphatic rings. The number of nitrogens with zero attached hydrogens (tertiary/aromatic N) is 6. The Bertz CT molecular complexity index is 1690. The number of hydrogen-bond donors (Lipinski definition) is 1. The molecule has 1 aromatic carbocycles. The van der Waals surface area contributed by atoms with Gasteiger partial charge in [0.15, 0.2) is 5.65 Å². The summed E-state index contributed by atoms with van der Waals surface area (Å²) in [6, 6.07) is 9.37. The molecule has 1 amide bonds. The van der Waals surface area contributed by atoms with Gasteiger partial charge in [0.05, 0.1) is 17.6 Å². The molecule has 16 heteroatoms. The van der Waals surface area contributed by atoms with Crippen LogP contribution in [0.1, 0.15) is 46.1 Å². The monoisotopic (exact) mass is 683 g/mol. The van der Waals surface area contributed by atoms with Crippen LogP contribution in [-0.4, -0.2) is 89.2 Å². The van der Waals surface area contributed by atoms with Crippen molar-refractivity contribution >= 4 is 42.3 Å². The molecule has 4 atom stereocenters. The molecule has 0 radical (unpaired) electrons. The van der Waals surface area contributed by atoms with Gasteiger partial charge in [-0.3, -0.25) is 14.2 Å². The standard InChI is InChI=1S/C32H42N7O8P/c1-21(2)46-31(41)23(4)36-48(43,20-44-6)47-25-9-7-24(8-10-25)18-45-32(42)39-16-12-26-29(34-19-35-30(26)39)37(5)27-13-15-38(17-22(27)3)28(40)11-14-33/h7-10,12,16,19,21-23,27H,11,13,15,17-18,20H2,1-6H3,(H,36,43)/t22-,23-,27+,48?/m0/s1. The van der Waals surface area contributed by atoms with Crippen LogP contribution in [0.2, 0.25) is 0 Å². The van der Waals surface area contributed by atoms with Crippen molar-refractivity contribution in [2.75, 3.05) is 38.5 Å². The summed E-state index contributed by atoms with van der Waals surface area (Å²) >= 11 is 0. The number of methoxy groups -OCH3 is 1. The van der Waals surface area contributed by atoms with Crippen LogP contribution in [0, 0.1) is 17.2 Å². The SMILES string of the molecule is COCP(=O)(N[C@@H](C)C(=O)OC(C)C)Oc1ccc(COC(=O)n2ccc3c(N(C)[C@@H]4CCN(C(=O)CC#N)C[C@@H]4C)ncnc32)cc1. The summed E-state index contributed by atoms with van der Waals surface area (Å²) in [5.41, 5.74) is 1.04. The number of aromatic nitrogens is 3. The van der Waals surface area contributed by atoms with Crippen molar-refractivity contribution in [3.8, 4) is 11.8 Å². The van der Waals surface area contributed by atoms with Gasteiger partial charge in [0.2, 0.25) is 5.91 Å². The number of amides is 1. The van der Waals surface area contributed by atoms with Crippen LogP contribution in [0.3, 0.4) is 0 Å². The minimum absolute atomic E-state index is 0.0523. The fourth-order valence-corrected chi connectivity index (χ4v) is 7.29. The Morgan fingerprint density at radius 1 is 1.17 bits per heavy atom. The van der Waals surface area contributed by atoms with E-state index in [1.165, 1.54) is 24.9 Å². The second kappa shape index (κ2) is 16.1. The molecule has 15 nitrogen and oxygen atoms in total. The van der Waals surface area contributed by atoms with Gasteiger partial charge in [-0.05, 0) is 56.9 Å². The number of nitriles is 1. The molecule has 0 spiro atoms. The van der Waals surface area contributed by atoms with Gasteiger partial charge in [0.1, 0.15) is 43.3 Å². The van der Waals surface area contributed by atoms with E-state index in [1.807, 2.05) is 13.1 Å². The number of ether oxygens (including phenoxy) is 3. The zero-order chi connectivity index (χ0) is 35.0. The van der Waals surface area contributed by atoms with Crippen molar-refractivity contribution in [1.82, 2.24) is 24.5 Å². The molecule has 0 saturated carbocycles. The first-order valence-corrected chi connectivity index (χ1v) is 17.4. The lowest BCUT2D eigenvalue weighted by atomic mass is 9.92. The minimum Gasteiger partial charge on any atom is -0.462 e. The number of benzene rings is 1. The van der Waals surface area contributed by atoms with Crippen LogP contribution in [0.4, 0.5) is 10.6 Å². The van der Waals surface area contributed by atoms with Gasteiger partial charge in [0.25, 0.3) is 0 Å². The number of rotatable bonds is 13. The Labute approximate surface area is 279 Å². The lowest BCUT2D eigenvalue weighted by Crippen LogP contribution is -2.51. The number of piperidine rings is 1. The predicted molar refractivity (Wildman–Crippen MR) is 176 cm³/mol. The predicted octanol–water partition coefficient (Wildman–Crippen LogP) is 4.31. The van der Waals surface area contributed by atoms with Crippen molar-refractivity contribution < 1.29 is 37.7 Å². The van der Waals surface area contributed by atoms with Gasteiger partial charge in [0, 0.05) is 39.5 Å². The Kier molecular flexibility index (Phi) is 12.2. The van der Waals surface area contributed by atoms with E-state index in [-0.39, 0.29) is 49.1 Å². The molecule has 1 saturated heterocycles. The van der Waals surface area contributed by atoms with Crippen molar-refractivity contribution in [3.63, 3.8) is 0 Å². The molecule has 3 aromatic rings. The fraction of sp³-hybridized carbons (Fsp3) is 0.500. The molecule has 1 N–H and O–H groups in total. The summed E-state index contributed by atoms with van der Waals surface area (Å²) in [5.74, 6) is 0.320. The number of anilines is 1. The molecule has 2 aromatic heterocycles. The maximum absolute atomic E-state index is 13.4. The Morgan fingerprint density at radius 3 is 2.54 bits per heavy atom. The number of nitrogens with one attached hydrogen (secondary N) is 1. The van der Waals surface area contributed by atoms with E-state index in [4.69, 9.17) is 24.0 Å². The third-order valence-corrected chi connectivity index (χ3v) is 9.75. The molecule has 1 unspecified atom stereocenters. The van der Waals surface area contributed by atoms with Crippen molar-refractivity contribution in [3.05, 3.63) is 48.4 Å². The maximum Gasteiger partial charge on any atom is 0.420 e. The van der Waals surface area contributed by atoms with Crippen LogP contribution >= 0.6 is 7.52 Å². The third-order valence-electron chi connectivity index (χ3n) is 7.86. The summed E-state index contributed by atoms with van der Waals surface area (Å²) in [6.07, 6.45) is 2.33. The zero-order valence-corrected chi connectivity index (χ0v) is 28.9. The number of likely N-dealkylation sites (tertiary alicyclic amines) is 1. The Balaban J connectivity index is 1.38. The molecule has 3 heterocycles. The second-order valence-corrected chi connectivity index (χ2v) is 14.0. The summed E-state index contributed by atoms with van der Waals surface area (Å²) < 4.78 is 36.2. The number of esters is 1. The van der Waals surface area contributed by atoms with E-state index in [9.17, 15) is 18.9 Å². The lowest BCUT2D eigenvalue weighted by Gasteiger charge is -2.41. The zero-order valence-electron chi connectivity index (χ0n) is 28.0. The van der Waals surface area contributed by atoms with E-state index in [0.29, 0.717) is 41.9 Å². The van der Waals surface area contributed by atoms with Crippen LogP contribution < -0.4 is 14.5 Å². The van der Waals surface area contributed by atoms with Gasteiger partial charge in [-0.15, -0.1) is 0 Å². The summed E-state index contributed by atoms with van der Waals surface area (Å²) in [6.45, 7) is 8.07. The number of carbonyl (C=O) groups excluding carboxylic acids is 3. The Morgan fingerprint density at radius 2 is 1.90 bits per heavy atom. The van der Waals surface area contributed by atoms with Crippen LogP contribution in [0.5, 0.6) is 5.75 Å². The first-order chi connectivity index (χ1) is 22.9. The minimum atomic E-state index is -3.63. The van der Waals surface area contributed by atoms with Crippen molar-refractivity contribution in [2.24, 2.45) is 5.92 Å². The average Bonchev–Trinajstić information content (AvgIpc) is 3.48. The molecule has 1 aliphatic heterocycles. The number of carbonyl (C=O) groups is 3. The maximum atomic E-state index is 13.4. The van der Waals surface area contributed by atoms with E-state index < -0.39 is 25.6 Å². The van der Waals surface area contributed by atoms with Gasteiger partial charge in [-0.25, -0.2) is 24.4 Å². The number of fused-ring (bicyclic) bond motifs is 1. The quantitative estimate of drug-likeness (QED) is 0.199. The fourth-order valence-electron chi connectivity index (χ4n) is 5.61. The molecular formula is C32H42N7O8P. The Hall–Kier alpha value is -4.51. The highest BCUT2D eigenvalue weighted by molar-refractivity contribution is 7.57. The third kappa shape index (κ3) is 8.89. The highest BCUT2D eigenvalue weighted by Crippen LogP contribution is 2.43. The second-order valence-electron chi connectivity index (χ2n) is 12.0. The van der Waals surface area contributed by atoms with Crippen molar-refractivity contribution in [1.29, 1.82) is 5.26 Å². The molecular weight excluding hydrogens is 641 g/mol.